The summed E-state index contributed by atoms with van der Waals surface area (Å²) in [6.07, 6.45) is 0. The van der Waals surface area contributed by atoms with Gasteiger partial charge in [0.05, 0.1) is 13.7 Å². The molecule has 4 heteroatoms. The van der Waals surface area contributed by atoms with Crippen LogP contribution in [-0.4, -0.2) is 19.6 Å². The molecule has 4 nitrogen and oxygen atoms in total. The minimum Gasteiger partial charge on any atom is -0.497 e. The van der Waals surface area contributed by atoms with Gasteiger partial charge in [-0.3, -0.25) is 4.99 Å². The second-order valence-electron chi connectivity index (χ2n) is 6.25. The average molecular weight is 311 g/mol. The van der Waals surface area contributed by atoms with Gasteiger partial charge in [-0.2, -0.15) is 0 Å². The van der Waals surface area contributed by atoms with E-state index in [-0.39, 0.29) is 5.41 Å². The smallest absolute Gasteiger partial charge is 0.193 e. The summed E-state index contributed by atoms with van der Waals surface area (Å²) in [6.45, 7) is 7.10. The first-order valence-corrected chi connectivity index (χ1v) is 7.69. The Morgan fingerprint density at radius 2 is 1.78 bits per heavy atom. The third-order valence-corrected chi connectivity index (χ3v) is 3.88. The predicted molar refractivity (Wildman–Crippen MR) is 97.3 cm³/mol. The van der Waals surface area contributed by atoms with Gasteiger partial charge in [-0.15, -0.1) is 0 Å². The molecule has 0 radical (unpaired) electrons. The minimum absolute atomic E-state index is 0.0719. The van der Waals surface area contributed by atoms with Crippen molar-refractivity contribution in [1.82, 2.24) is 0 Å². The molecule has 0 aromatic heterocycles. The first-order valence-electron chi connectivity index (χ1n) is 7.69. The lowest BCUT2D eigenvalue weighted by Crippen LogP contribution is -2.28. The molecule has 0 bridgehead atoms. The molecule has 0 amide bonds. The fraction of sp³-hybridized carbons (Fsp3) is 0.316. The van der Waals surface area contributed by atoms with Crippen molar-refractivity contribution in [2.45, 2.75) is 26.2 Å². The molecule has 0 saturated carbocycles. The largest absolute Gasteiger partial charge is 0.497 e. The number of hydrogen-bond acceptors (Lipinski definition) is 2. The predicted octanol–water partition coefficient (Wildman–Crippen LogP) is 3.71. The van der Waals surface area contributed by atoms with Crippen LogP contribution in [0.2, 0.25) is 0 Å². The van der Waals surface area contributed by atoms with Crippen molar-refractivity contribution in [2.24, 2.45) is 10.7 Å². The zero-order valence-corrected chi connectivity index (χ0v) is 14.3. The Bertz CT molecular complexity index is 675. The quantitative estimate of drug-likeness (QED) is 0.654. The first kappa shape index (κ1) is 16.9. The van der Waals surface area contributed by atoms with Gasteiger partial charge in [0.2, 0.25) is 0 Å². The van der Waals surface area contributed by atoms with E-state index in [1.807, 2.05) is 24.3 Å². The summed E-state index contributed by atoms with van der Waals surface area (Å²) in [5.74, 6) is 1.23. The fourth-order valence-electron chi connectivity index (χ4n) is 2.56. The molecule has 23 heavy (non-hydrogen) atoms. The minimum atomic E-state index is -0.0719. The van der Waals surface area contributed by atoms with Crippen LogP contribution < -0.4 is 15.8 Å². The van der Waals surface area contributed by atoms with E-state index in [1.54, 1.807) is 7.11 Å². The Morgan fingerprint density at radius 3 is 2.39 bits per heavy atom. The van der Waals surface area contributed by atoms with Crippen LogP contribution in [0.25, 0.3) is 0 Å². The highest BCUT2D eigenvalue weighted by Crippen LogP contribution is 2.26. The molecule has 0 aliphatic rings. The highest BCUT2D eigenvalue weighted by Gasteiger charge is 2.21. The number of rotatable bonds is 5. The zero-order chi connectivity index (χ0) is 16.9. The Balaban J connectivity index is 2.04. The Hall–Kier alpha value is -2.49. The molecular weight excluding hydrogens is 286 g/mol. The van der Waals surface area contributed by atoms with Crippen molar-refractivity contribution >= 4 is 11.6 Å². The van der Waals surface area contributed by atoms with Gasteiger partial charge in [0, 0.05) is 11.1 Å². The van der Waals surface area contributed by atoms with Crippen molar-refractivity contribution in [1.29, 1.82) is 0 Å². The lowest BCUT2D eigenvalue weighted by atomic mass is 9.82. The molecule has 0 fully saturated rings. The molecule has 122 valence electrons. The summed E-state index contributed by atoms with van der Waals surface area (Å²) >= 11 is 0. The van der Waals surface area contributed by atoms with Crippen LogP contribution in [0.1, 0.15) is 25.0 Å². The molecule has 0 aliphatic carbocycles. The van der Waals surface area contributed by atoms with Crippen LogP contribution in [0, 0.1) is 6.92 Å². The SMILES string of the molecule is COc1ccc(NC(N)=NCC(C)(C)c2ccccc2C)cc1. The molecular formula is C19H25N3O. The Kier molecular flexibility index (Phi) is 5.27. The number of aryl methyl sites for hydroxylation is 1. The van der Waals surface area contributed by atoms with Crippen molar-refractivity contribution in [3.8, 4) is 5.75 Å². The maximum atomic E-state index is 6.01. The highest BCUT2D eigenvalue weighted by atomic mass is 16.5. The highest BCUT2D eigenvalue weighted by molar-refractivity contribution is 5.92. The molecule has 2 aromatic carbocycles. The molecule has 0 atom stereocenters. The van der Waals surface area contributed by atoms with Crippen LogP contribution in [-0.2, 0) is 5.41 Å². The summed E-state index contributed by atoms with van der Waals surface area (Å²) in [6, 6.07) is 16.0. The average Bonchev–Trinajstić information content (AvgIpc) is 2.54. The van der Waals surface area contributed by atoms with E-state index in [0.29, 0.717) is 12.5 Å². The molecule has 0 aliphatic heterocycles. The lowest BCUT2D eigenvalue weighted by molar-refractivity contribution is 0.415. The van der Waals surface area contributed by atoms with Gasteiger partial charge in [-0.1, -0.05) is 38.1 Å². The van der Waals surface area contributed by atoms with Gasteiger partial charge in [-0.05, 0) is 42.3 Å². The third kappa shape index (κ3) is 4.49. The summed E-state index contributed by atoms with van der Waals surface area (Å²) < 4.78 is 5.14. The molecule has 2 aromatic rings. The Labute approximate surface area is 138 Å². The monoisotopic (exact) mass is 311 g/mol. The van der Waals surface area contributed by atoms with Crippen LogP contribution in [0.4, 0.5) is 5.69 Å². The second-order valence-corrected chi connectivity index (χ2v) is 6.25. The maximum Gasteiger partial charge on any atom is 0.193 e. The van der Waals surface area contributed by atoms with Crippen molar-refractivity contribution < 1.29 is 4.74 Å². The standard InChI is InChI=1S/C19H25N3O/c1-14-7-5-6-8-17(14)19(2,3)13-21-18(20)22-15-9-11-16(23-4)12-10-15/h5-12H,13H2,1-4H3,(H3,20,21,22). The van der Waals surface area contributed by atoms with Crippen LogP contribution in [0.5, 0.6) is 5.75 Å². The van der Waals surface area contributed by atoms with E-state index in [2.05, 4.69) is 55.3 Å². The van der Waals surface area contributed by atoms with Crippen LogP contribution >= 0.6 is 0 Å². The van der Waals surface area contributed by atoms with Gasteiger partial charge >= 0.3 is 0 Å². The van der Waals surface area contributed by atoms with E-state index >= 15 is 0 Å². The number of methoxy groups -OCH3 is 1. The molecule has 0 spiro atoms. The number of benzene rings is 2. The molecule has 3 N–H and O–H groups in total. The number of guanidine groups is 1. The maximum absolute atomic E-state index is 6.01. The lowest BCUT2D eigenvalue weighted by Gasteiger charge is -2.25. The fourth-order valence-corrected chi connectivity index (χ4v) is 2.56. The van der Waals surface area contributed by atoms with E-state index in [9.17, 15) is 0 Å². The number of ether oxygens (including phenoxy) is 1. The van der Waals surface area contributed by atoms with Crippen molar-refractivity contribution in [2.75, 3.05) is 19.0 Å². The molecule has 0 heterocycles. The van der Waals surface area contributed by atoms with Gasteiger partial charge in [-0.25, -0.2) is 0 Å². The number of anilines is 1. The number of nitrogens with two attached hydrogens (primary N) is 1. The van der Waals surface area contributed by atoms with E-state index in [0.717, 1.165) is 11.4 Å². The van der Waals surface area contributed by atoms with Gasteiger partial charge < -0.3 is 15.8 Å². The topological polar surface area (TPSA) is 59.6 Å². The van der Waals surface area contributed by atoms with Crippen molar-refractivity contribution in [3.05, 3.63) is 59.7 Å². The van der Waals surface area contributed by atoms with Crippen LogP contribution in [0.15, 0.2) is 53.5 Å². The number of aliphatic imine (C=N–C) groups is 1. The van der Waals surface area contributed by atoms with Crippen LogP contribution in [0.3, 0.4) is 0 Å². The van der Waals surface area contributed by atoms with Gasteiger partial charge in [0.15, 0.2) is 5.96 Å². The van der Waals surface area contributed by atoms with Gasteiger partial charge in [0.25, 0.3) is 0 Å². The van der Waals surface area contributed by atoms with Crippen molar-refractivity contribution in [3.63, 3.8) is 0 Å². The zero-order valence-electron chi connectivity index (χ0n) is 14.3. The van der Waals surface area contributed by atoms with E-state index < -0.39 is 0 Å². The molecule has 0 saturated heterocycles. The second kappa shape index (κ2) is 7.18. The Morgan fingerprint density at radius 1 is 1.13 bits per heavy atom. The number of nitrogens with zero attached hydrogens (tertiary/aromatic N) is 1. The summed E-state index contributed by atoms with van der Waals surface area (Å²) in [4.78, 5) is 4.50. The van der Waals surface area contributed by atoms with E-state index in [1.165, 1.54) is 11.1 Å². The first-order chi connectivity index (χ1) is 10.9. The number of nitrogens with one attached hydrogen (secondary N) is 1. The van der Waals surface area contributed by atoms with E-state index in [4.69, 9.17) is 10.5 Å². The molecule has 0 unspecified atom stereocenters. The number of hydrogen-bond donors (Lipinski definition) is 2. The van der Waals surface area contributed by atoms with Gasteiger partial charge in [0.1, 0.15) is 5.75 Å². The normalized spacial score (nSPS) is 12.1. The summed E-state index contributed by atoms with van der Waals surface area (Å²) in [5.41, 5.74) is 9.39. The summed E-state index contributed by atoms with van der Waals surface area (Å²) in [7, 11) is 1.64. The third-order valence-electron chi connectivity index (χ3n) is 3.88. The summed E-state index contributed by atoms with van der Waals surface area (Å²) in [5, 5.41) is 3.10. The molecule has 2 rings (SSSR count).